The second-order valence-corrected chi connectivity index (χ2v) is 8.67. The summed E-state index contributed by atoms with van der Waals surface area (Å²) in [6.45, 7) is 0. The zero-order valence-corrected chi connectivity index (χ0v) is 19.2. The van der Waals surface area contributed by atoms with Crippen LogP contribution in [0.4, 0.5) is 10.1 Å². The van der Waals surface area contributed by atoms with Crippen LogP contribution in [-0.2, 0) is 6.42 Å². The maximum atomic E-state index is 13.4. The highest BCUT2D eigenvalue weighted by molar-refractivity contribution is 6.34. The Labute approximate surface area is 205 Å². The molecule has 0 unspecified atom stereocenters. The Balaban J connectivity index is 1.39. The number of anilines is 1. The van der Waals surface area contributed by atoms with Gasteiger partial charge in [-0.15, -0.1) is 0 Å². The molecule has 35 heavy (non-hydrogen) atoms. The van der Waals surface area contributed by atoms with Gasteiger partial charge in [0.2, 0.25) is 0 Å². The third-order valence-electron chi connectivity index (χ3n) is 5.69. The van der Waals surface area contributed by atoms with Gasteiger partial charge in [0, 0.05) is 24.0 Å². The Bertz CT molecular complexity index is 1470. The van der Waals surface area contributed by atoms with Gasteiger partial charge in [-0.25, -0.2) is 14.4 Å². The van der Waals surface area contributed by atoms with Crippen LogP contribution < -0.4 is 15.9 Å². The maximum absolute atomic E-state index is 13.4. The molecule has 9 heteroatoms. The Morgan fingerprint density at radius 3 is 2.51 bits per heavy atom. The van der Waals surface area contributed by atoms with E-state index >= 15 is 0 Å². The number of halogens is 2. The molecule has 1 fully saturated rings. The van der Waals surface area contributed by atoms with Gasteiger partial charge >= 0.3 is 0 Å². The summed E-state index contributed by atoms with van der Waals surface area (Å²) in [5.41, 5.74) is 6.71. The first kappa shape index (κ1) is 22.7. The lowest BCUT2D eigenvalue weighted by Crippen LogP contribution is -2.21. The average molecular weight is 491 g/mol. The molecule has 1 aliphatic carbocycles. The molecule has 7 nitrogen and oxygen atoms in total. The van der Waals surface area contributed by atoms with Crippen molar-refractivity contribution in [2.75, 3.05) is 5.73 Å². The summed E-state index contributed by atoms with van der Waals surface area (Å²) in [7, 11) is 0. The zero-order valence-electron chi connectivity index (χ0n) is 18.4. The topological polar surface area (TPSA) is 100 Å². The number of nitrogens with zero attached hydrogens (tertiary/aromatic N) is 3. The van der Waals surface area contributed by atoms with Crippen LogP contribution in [0.2, 0.25) is 5.02 Å². The molecule has 1 aliphatic rings. The predicted octanol–water partition coefficient (Wildman–Crippen LogP) is 5.23. The van der Waals surface area contributed by atoms with Gasteiger partial charge in [-0.2, -0.15) is 0 Å². The van der Waals surface area contributed by atoms with Crippen molar-refractivity contribution in [3.8, 4) is 22.6 Å². The van der Waals surface area contributed by atoms with Crippen LogP contribution in [0.5, 0.6) is 11.5 Å². The van der Waals surface area contributed by atoms with Crippen molar-refractivity contribution in [3.05, 3.63) is 99.7 Å². The summed E-state index contributed by atoms with van der Waals surface area (Å²) < 4.78 is 20.9. The van der Waals surface area contributed by atoms with Crippen LogP contribution in [0.1, 0.15) is 35.1 Å². The number of nitrogens with two attached hydrogens (primary N) is 1. The third-order valence-corrected chi connectivity index (χ3v) is 6.10. The van der Waals surface area contributed by atoms with E-state index in [1.165, 1.54) is 36.7 Å². The lowest BCUT2D eigenvalue weighted by atomic mass is 10.0. The lowest BCUT2D eigenvalue weighted by molar-refractivity contribution is 0.0989. The molecule has 176 valence electrons. The van der Waals surface area contributed by atoms with Crippen molar-refractivity contribution in [3.63, 3.8) is 0 Å². The van der Waals surface area contributed by atoms with E-state index in [1.54, 1.807) is 30.6 Å². The van der Waals surface area contributed by atoms with Crippen molar-refractivity contribution in [1.82, 2.24) is 14.5 Å². The SMILES string of the molecule is Nc1cccc(Oc2cnc(CC(=O)c3cn(C4CC4)cc(-c4ccc(F)cc4)c3=O)nc2)c1Cl. The largest absolute Gasteiger partial charge is 0.452 e. The summed E-state index contributed by atoms with van der Waals surface area (Å²) in [6, 6.07) is 10.9. The van der Waals surface area contributed by atoms with Crippen LogP contribution in [-0.4, -0.2) is 20.3 Å². The van der Waals surface area contributed by atoms with Gasteiger partial charge in [0.05, 0.1) is 30.1 Å². The number of hydrogen-bond acceptors (Lipinski definition) is 6. The number of benzene rings is 2. The van der Waals surface area contributed by atoms with Crippen LogP contribution in [0.25, 0.3) is 11.1 Å². The molecule has 2 aromatic heterocycles. The zero-order chi connectivity index (χ0) is 24.5. The highest BCUT2D eigenvalue weighted by Gasteiger charge is 2.26. The van der Waals surface area contributed by atoms with Gasteiger partial charge in [0.15, 0.2) is 17.0 Å². The minimum absolute atomic E-state index is 0.0502. The first-order valence-corrected chi connectivity index (χ1v) is 11.3. The van der Waals surface area contributed by atoms with E-state index in [4.69, 9.17) is 22.1 Å². The first-order valence-electron chi connectivity index (χ1n) is 11.0. The Morgan fingerprint density at radius 2 is 1.83 bits per heavy atom. The fourth-order valence-corrected chi connectivity index (χ4v) is 3.84. The normalized spacial score (nSPS) is 13.0. The average Bonchev–Trinajstić information content (AvgIpc) is 3.70. The molecule has 0 bridgehead atoms. The van der Waals surface area contributed by atoms with Crippen molar-refractivity contribution in [1.29, 1.82) is 0 Å². The van der Waals surface area contributed by atoms with Crippen LogP contribution in [0.15, 0.2) is 72.0 Å². The van der Waals surface area contributed by atoms with E-state index in [0.717, 1.165) is 12.8 Å². The van der Waals surface area contributed by atoms with Crippen LogP contribution in [0.3, 0.4) is 0 Å². The minimum atomic E-state index is -0.408. The molecule has 4 aromatic rings. The summed E-state index contributed by atoms with van der Waals surface area (Å²) in [5.74, 6) is 0.123. The molecule has 0 radical (unpaired) electrons. The van der Waals surface area contributed by atoms with E-state index in [1.807, 2.05) is 4.57 Å². The summed E-state index contributed by atoms with van der Waals surface area (Å²) in [5, 5.41) is 0.278. The minimum Gasteiger partial charge on any atom is -0.452 e. The quantitative estimate of drug-likeness (QED) is 0.281. The van der Waals surface area contributed by atoms with Crippen LogP contribution in [0, 0.1) is 5.82 Å². The number of carbonyl (C=O) groups is 1. The molecule has 2 heterocycles. The van der Waals surface area contributed by atoms with Crippen LogP contribution >= 0.6 is 11.6 Å². The number of ether oxygens (including phenoxy) is 1. The van der Waals surface area contributed by atoms with E-state index in [0.29, 0.717) is 28.3 Å². The molecule has 0 saturated heterocycles. The lowest BCUT2D eigenvalue weighted by Gasteiger charge is -2.11. The van der Waals surface area contributed by atoms with E-state index in [-0.39, 0.29) is 28.9 Å². The highest BCUT2D eigenvalue weighted by Crippen LogP contribution is 2.36. The number of nitrogen functional groups attached to an aromatic ring is 1. The molecule has 2 aromatic carbocycles. The predicted molar refractivity (Wildman–Crippen MR) is 130 cm³/mol. The molecule has 0 aliphatic heterocycles. The second-order valence-electron chi connectivity index (χ2n) is 8.30. The summed E-state index contributed by atoms with van der Waals surface area (Å²) in [6.07, 6.45) is 7.95. The van der Waals surface area contributed by atoms with Gasteiger partial charge in [0.1, 0.15) is 22.4 Å². The number of Topliss-reactive ketones (excluding diaryl/α,β-unsaturated/α-hetero) is 1. The summed E-state index contributed by atoms with van der Waals surface area (Å²) >= 11 is 6.14. The first-order chi connectivity index (χ1) is 16.9. The number of rotatable bonds is 7. The Hall–Kier alpha value is -4.04. The number of ketones is 1. The molecular formula is C26H20ClFN4O3. The van der Waals surface area contributed by atoms with Gasteiger partial charge in [-0.3, -0.25) is 9.59 Å². The second kappa shape index (κ2) is 9.31. The van der Waals surface area contributed by atoms with Gasteiger partial charge < -0.3 is 15.0 Å². The molecular weight excluding hydrogens is 471 g/mol. The molecule has 5 rings (SSSR count). The molecule has 0 atom stereocenters. The van der Waals surface area contributed by atoms with Gasteiger partial charge in [0.25, 0.3) is 0 Å². The molecule has 0 spiro atoms. The van der Waals surface area contributed by atoms with Crippen molar-refractivity contribution in [2.45, 2.75) is 25.3 Å². The standard InChI is InChI=1S/C26H20ClFN4O3/c27-25-21(29)2-1-3-23(25)35-18-11-30-24(31-12-18)10-22(33)20-14-32(17-8-9-17)13-19(26(20)34)15-4-6-16(28)7-5-15/h1-7,11-14,17H,8-10,29H2. The fraction of sp³-hybridized carbons (Fsp3) is 0.154. The third kappa shape index (κ3) is 4.93. The summed E-state index contributed by atoms with van der Waals surface area (Å²) in [4.78, 5) is 34.7. The van der Waals surface area contributed by atoms with Gasteiger partial charge in [-0.05, 0) is 42.7 Å². The number of hydrogen-bond donors (Lipinski definition) is 1. The number of carbonyl (C=O) groups excluding carboxylic acids is 1. The van der Waals surface area contributed by atoms with Crippen molar-refractivity contribution < 1.29 is 13.9 Å². The van der Waals surface area contributed by atoms with E-state index in [9.17, 15) is 14.0 Å². The molecule has 1 saturated carbocycles. The number of pyridine rings is 1. The number of aromatic nitrogens is 3. The Morgan fingerprint density at radius 1 is 1.11 bits per heavy atom. The maximum Gasteiger partial charge on any atom is 0.200 e. The Kier molecular flexibility index (Phi) is 6.05. The fourth-order valence-electron chi connectivity index (χ4n) is 3.67. The van der Waals surface area contributed by atoms with Crippen molar-refractivity contribution in [2.24, 2.45) is 0 Å². The van der Waals surface area contributed by atoms with E-state index < -0.39 is 17.0 Å². The molecule has 2 N–H and O–H groups in total. The highest BCUT2D eigenvalue weighted by atomic mass is 35.5. The van der Waals surface area contributed by atoms with E-state index in [2.05, 4.69) is 9.97 Å². The monoisotopic (exact) mass is 490 g/mol. The van der Waals surface area contributed by atoms with Gasteiger partial charge in [-0.1, -0.05) is 29.8 Å². The van der Waals surface area contributed by atoms with Crippen molar-refractivity contribution >= 4 is 23.1 Å². The molecule has 0 amide bonds. The smallest absolute Gasteiger partial charge is 0.200 e.